The molecule has 1 amide bonds. The zero-order valence-electron chi connectivity index (χ0n) is 16.6. The van der Waals surface area contributed by atoms with E-state index in [1.54, 1.807) is 18.2 Å². The Labute approximate surface area is 185 Å². The van der Waals surface area contributed by atoms with Crippen LogP contribution in [0.1, 0.15) is 12.5 Å². The van der Waals surface area contributed by atoms with Crippen molar-refractivity contribution in [2.45, 2.75) is 19.2 Å². The molecule has 1 N–H and O–H groups in total. The highest BCUT2D eigenvalue weighted by atomic mass is 35.5. The van der Waals surface area contributed by atoms with E-state index in [0.717, 1.165) is 17.7 Å². The summed E-state index contributed by atoms with van der Waals surface area (Å²) >= 11 is 5.61. The molecule has 164 valence electrons. The van der Waals surface area contributed by atoms with Gasteiger partial charge in [-0.25, -0.2) is 4.98 Å². The number of carbonyl (C=O) groups is 1. The van der Waals surface area contributed by atoms with E-state index < -0.39 is 28.8 Å². The number of halogens is 4. The quantitative estimate of drug-likeness (QED) is 0.365. The summed E-state index contributed by atoms with van der Waals surface area (Å²) < 4.78 is 50.2. The first-order chi connectivity index (χ1) is 15.2. The summed E-state index contributed by atoms with van der Waals surface area (Å²) in [6.45, 7) is 1.43. The molecule has 0 unspecified atom stereocenters. The lowest BCUT2D eigenvalue weighted by molar-refractivity contribution is -0.137. The minimum Gasteiger partial charge on any atom is -0.481 e. The molecule has 1 aromatic heterocycles. The van der Waals surface area contributed by atoms with Gasteiger partial charge in [0.1, 0.15) is 11.3 Å². The minimum atomic E-state index is -4.63. The van der Waals surface area contributed by atoms with Crippen molar-refractivity contribution in [3.8, 4) is 17.2 Å². The first-order valence-corrected chi connectivity index (χ1v) is 9.89. The number of ether oxygens (including phenoxy) is 1. The molecular formula is C23H16ClF3N2O3. The molecule has 0 saturated heterocycles. The van der Waals surface area contributed by atoms with Crippen molar-refractivity contribution in [1.29, 1.82) is 0 Å². The number of amides is 1. The van der Waals surface area contributed by atoms with Crippen molar-refractivity contribution < 1.29 is 27.1 Å². The molecular weight excluding hydrogens is 445 g/mol. The van der Waals surface area contributed by atoms with E-state index in [9.17, 15) is 18.0 Å². The topological polar surface area (TPSA) is 64.4 Å². The zero-order chi connectivity index (χ0) is 22.9. The number of nitrogens with one attached hydrogen (secondary N) is 1. The highest BCUT2D eigenvalue weighted by Crippen LogP contribution is 2.37. The molecule has 4 aromatic rings. The molecule has 0 radical (unpaired) electrons. The molecule has 0 saturated carbocycles. The maximum atomic E-state index is 13.0. The molecule has 0 fully saturated rings. The molecule has 9 heteroatoms. The fraction of sp³-hybridized carbons (Fsp3) is 0.130. The third-order valence-corrected chi connectivity index (χ3v) is 4.93. The number of fused-ring (bicyclic) bond motifs is 1. The Morgan fingerprint density at radius 1 is 1.09 bits per heavy atom. The van der Waals surface area contributed by atoms with Crippen molar-refractivity contribution in [3.05, 3.63) is 77.3 Å². The summed E-state index contributed by atoms with van der Waals surface area (Å²) in [5.41, 5.74) is 1.32. The molecule has 0 bridgehead atoms. The Bertz CT molecular complexity index is 1270. The fourth-order valence-electron chi connectivity index (χ4n) is 3.01. The van der Waals surface area contributed by atoms with Crippen LogP contribution in [0.4, 0.5) is 18.9 Å². The van der Waals surface area contributed by atoms with Crippen LogP contribution in [0.25, 0.3) is 22.6 Å². The predicted molar refractivity (Wildman–Crippen MR) is 115 cm³/mol. The Morgan fingerprint density at radius 3 is 2.56 bits per heavy atom. The number of oxazole rings is 1. The molecule has 1 heterocycles. The molecule has 3 aromatic carbocycles. The van der Waals surface area contributed by atoms with E-state index in [-0.39, 0.29) is 5.75 Å². The van der Waals surface area contributed by atoms with E-state index >= 15 is 0 Å². The van der Waals surface area contributed by atoms with Crippen LogP contribution >= 0.6 is 11.6 Å². The number of benzene rings is 3. The SMILES string of the molecule is C[C@H](Oc1ccc(Cl)c(C(F)(F)F)c1)C(=O)Nc1ccc2oc(-c3ccccc3)nc2c1. The van der Waals surface area contributed by atoms with Gasteiger partial charge in [-0.15, -0.1) is 0 Å². The third kappa shape index (κ3) is 4.70. The highest BCUT2D eigenvalue weighted by molar-refractivity contribution is 6.31. The van der Waals surface area contributed by atoms with Crippen LogP contribution in [0.3, 0.4) is 0 Å². The van der Waals surface area contributed by atoms with Gasteiger partial charge in [0.05, 0.1) is 10.6 Å². The Kier molecular flexibility index (Phi) is 5.80. The minimum absolute atomic E-state index is 0.121. The number of carbonyl (C=O) groups excluding carboxylic acids is 1. The summed E-state index contributed by atoms with van der Waals surface area (Å²) in [7, 11) is 0. The molecule has 0 aliphatic heterocycles. The van der Waals surface area contributed by atoms with Crippen molar-refractivity contribution in [2.24, 2.45) is 0 Å². The number of aromatic nitrogens is 1. The van der Waals surface area contributed by atoms with E-state index in [1.807, 2.05) is 30.3 Å². The van der Waals surface area contributed by atoms with Gasteiger partial charge in [0.25, 0.3) is 5.91 Å². The van der Waals surface area contributed by atoms with Crippen molar-refractivity contribution in [3.63, 3.8) is 0 Å². The smallest absolute Gasteiger partial charge is 0.417 e. The van der Waals surface area contributed by atoms with Gasteiger partial charge in [0, 0.05) is 11.3 Å². The average molecular weight is 461 g/mol. The van der Waals surface area contributed by atoms with Crippen LogP contribution in [-0.4, -0.2) is 17.0 Å². The maximum absolute atomic E-state index is 13.0. The second-order valence-electron chi connectivity index (χ2n) is 6.96. The van der Waals surface area contributed by atoms with Gasteiger partial charge in [0.15, 0.2) is 11.7 Å². The van der Waals surface area contributed by atoms with Crippen LogP contribution in [0, 0.1) is 0 Å². The normalized spacial score (nSPS) is 12.5. The molecule has 5 nitrogen and oxygen atoms in total. The van der Waals surface area contributed by atoms with Crippen LogP contribution in [-0.2, 0) is 11.0 Å². The van der Waals surface area contributed by atoms with Crippen LogP contribution in [0.15, 0.2) is 71.1 Å². The first kappa shape index (κ1) is 21.7. The van der Waals surface area contributed by atoms with E-state index in [2.05, 4.69) is 10.3 Å². The predicted octanol–water partition coefficient (Wildman–Crippen LogP) is 6.57. The Hall–Kier alpha value is -3.52. The second kappa shape index (κ2) is 8.55. The summed E-state index contributed by atoms with van der Waals surface area (Å²) in [6.07, 6.45) is -5.70. The van der Waals surface area contributed by atoms with Crippen LogP contribution in [0.2, 0.25) is 5.02 Å². The van der Waals surface area contributed by atoms with E-state index in [1.165, 1.54) is 13.0 Å². The van der Waals surface area contributed by atoms with Gasteiger partial charge in [-0.1, -0.05) is 29.8 Å². The number of rotatable bonds is 5. The van der Waals surface area contributed by atoms with Crippen LogP contribution < -0.4 is 10.1 Å². The largest absolute Gasteiger partial charge is 0.481 e. The lowest BCUT2D eigenvalue weighted by Crippen LogP contribution is -2.30. The average Bonchev–Trinajstić information content (AvgIpc) is 3.18. The molecule has 32 heavy (non-hydrogen) atoms. The van der Waals surface area contributed by atoms with E-state index in [4.69, 9.17) is 20.8 Å². The van der Waals surface area contributed by atoms with Crippen molar-refractivity contribution in [2.75, 3.05) is 5.32 Å². The number of hydrogen-bond acceptors (Lipinski definition) is 4. The van der Waals surface area contributed by atoms with Gasteiger partial charge in [-0.05, 0) is 55.5 Å². The zero-order valence-corrected chi connectivity index (χ0v) is 17.4. The summed E-state index contributed by atoms with van der Waals surface area (Å²) in [6, 6.07) is 17.4. The second-order valence-corrected chi connectivity index (χ2v) is 7.36. The Morgan fingerprint density at radius 2 is 1.84 bits per heavy atom. The summed E-state index contributed by atoms with van der Waals surface area (Å²) in [4.78, 5) is 16.9. The molecule has 0 spiro atoms. The fourth-order valence-corrected chi connectivity index (χ4v) is 3.23. The molecule has 4 rings (SSSR count). The summed E-state index contributed by atoms with van der Waals surface area (Å²) in [5.74, 6) is -0.215. The van der Waals surface area contributed by atoms with Crippen molar-refractivity contribution >= 4 is 34.3 Å². The number of hydrogen-bond donors (Lipinski definition) is 1. The van der Waals surface area contributed by atoms with Gasteiger partial charge in [-0.2, -0.15) is 13.2 Å². The first-order valence-electron chi connectivity index (χ1n) is 9.51. The van der Waals surface area contributed by atoms with Crippen molar-refractivity contribution in [1.82, 2.24) is 4.98 Å². The van der Waals surface area contributed by atoms with Gasteiger partial charge in [-0.3, -0.25) is 4.79 Å². The molecule has 0 aliphatic rings. The van der Waals surface area contributed by atoms with Gasteiger partial charge < -0.3 is 14.5 Å². The number of alkyl halides is 3. The lowest BCUT2D eigenvalue weighted by atomic mass is 10.2. The third-order valence-electron chi connectivity index (χ3n) is 4.60. The summed E-state index contributed by atoms with van der Waals surface area (Å²) in [5, 5.41) is 2.22. The molecule has 1 atom stereocenters. The van der Waals surface area contributed by atoms with Gasteiger partial charge >= 0.3 is 6.18 Å². The van der Waals surface area contributed by atoms with Crippen LogP contribution in [0.5, 0.6) is 5.75 Å². The monoisotopic (exact) mass is 460 g/mol. The standard InChI is InChI=1S/C23H16ClF3N2O3/c1-13(31-16-8-9-18(24)17(12-16)23(25,26)27)21(30)28-15-7-10-20-19(11-15)29-22(32-20)14-5-3-2-4-6-14/h2-13H,1H3,(H,28,30)/t13-/m0/s1. The number of nitrogens with zero attached hydrogens (tertiary/aromatic N) is 1. The van der Waals surface area contributed by atoms with E-state index in [0.29, 0.717) is 22.7 Å². The lowest BCUT2D eigenvalue weighted by Gasteiger charge is -2.16. The molecule has 0 aliphatic carbocycles. The highest BCUT2D eigenvalue weighted by Gasteiger charge is 2.33. The maximum Gasteiger partial charge on any atom is 0.417 e. The Balaban J connectivity index is 1.47. The number of anilines is 1. The van der Waals surface area contributed by atoms with Gasteiger partial charge in [0.2, 0.25) is 5.89 Å².